The molecule has 0 N–H and O–H groups in total. The van der Waals surface area contributed by atoms with Crippen molar-refractivity contribution in [3.05, 3.63) is 84.4 Å². The van der Waals surface area contributed by atoms with Crippen LogP contribution < -0.4 is 19.1 Å². The summed E-state index contributed by atoms with van der Waals surface area (Å²) in [5.74, 6) is 2.16. The zero-order valence-corrected chi connectivity index (χ0v) is 16.4. The molecule has 0 bridgehead atoms. The van der Waals surface area contributed by atoms with E-state index in [9.17, 15) is 4.79 Å². The number of amides is 1. The van der Waals surface area contributed by atoms with Crippen LogP contribution in [0.15, 0.2) is 78.9 Å². The lowest BCUT2D eigenvalue weighted by Crippen LogP contribution is -2.61. The first-order chi connectivity index (χ1) is 14.2. The van der Waals surface area contributed by atoms with Gasteiger partial charge in [-0.15, -0.1) is 0 Å². The van der Waals surface area contributed by atoms with Crippen LogP contribution in [0.4, 0.5) is 5.69 Å². The van der Waals surface area contributed by atoms with Crippen molar-refractivity contribution in [3.8, 4) is 17.2 Å². The second kappa shape index (κ2) is 8.27. The summed E-state index contributed by atoms with van der Waals surface area (Å²) in [6, 6.07) is 24.5. The summed E-state index contributed by atoms with van der Waals surface area (Å²) in [6.45, 7) is 2.54. The Hall–Kier alpha value is -3.47. The molecule has 29 heavy (non-hydrogen) atoms. The lowest BCUT2D eigenvalue weighted by Gasteiger charge is -2.46. The number of carbonyl (C=O) groups is 1. The number of carbonyl (C=O) groups excluding carboxylic acids is 1. The van der Waals surface area contributed by atoms with Gasteiger partial charge in [0.25, 0.3) is 5.91 Å². The molecule has 1 heterocycles. The van der Waals surface area contributed by atoms with E-state index < -0.39 is 6.10 Å². The smallest absolute Gasteiger partial charge is 0.271 e. The molecule has 0 aliphatic carbocycles. The van der Waals surface area contributed by atoms with Crippen molar-refractivity contribution in [2.75, 3.05) is 18.6 Å². The van der Waals surface area contributed by atoms with Crippen molar-refractivity contribution in [1.29, 1.82) is 0 Å². The van der Waals surface area contributed by atoms with Gasteiger partial charge in [0.05, 0.1) is 13.7 Å². The van der Waals surface area contributed by atoms with E-state index in [1.54, 1.807) is 12.0 Å². The fraction of sp³-hybridized carbons (Fsp3) is 0.208. The van der Waals surface area contributed by atoms with E-state index in [1.165, 1.54) is 0 Å². The minimum absolute atomic E-state index is 0.0705. The molecule has 1 saturated heterocycles. The molecule has 1 amide bonds. The predicted octanol–water partition coefficient (Wildman–Crippen LogP) is 4.63. The van der Waals surface area contributed by atoms with Crippen molar-refractivity contribution in [2.24, 2.45) is 0 Å². The third-order valence-electron chi connectivity index (χ3n) is 4.94. The topological polar surface area (TPSA) is 48.0 Å². The maximum absolute atomic E-state index is 13.0. The summed E-state index contributed by atoms with van der Waals surface area (Å²) in [5.41, 5.74) is 1.80. The van der Waals surface area contributed by atoms with Gasteiger partial charge < -0.3 is 14.2 Å². The molecule has 4 rings (SSSR count). The van der Waals surface area contributed by atoms with E-state index in [1.807, 2.05) is 85.8 Å². The van der Waals surface area contributed by atoms with E-state index in [4.69, 9.17) is 14.2 Å². The molecule has 5 nitrogen and oxygen atoms in total. The number of para-hydroxylation sites is 1. The molecule has 1 fully saturated rings. The molecule has 1 aliphatic rings. The van der Waals surface area contributed by atoms with Gasteiger partial charge in [0.1, 0.15) is 23.3 Å². The third kappa shape index (κ3) is 3.76. The minimum Gasteiger partial charge on any atom is -0.497 e. The van der Waals surface area contributed by atoms with Gasteiger partial charge in [-0.05, 0) is 61.0 Å². The zero-order valence-electron chi connectivity index (χ0n) is 16.4. The van der Waals surface area contributed by atoms with E-state index in [2.05, 4.69) is 0 Å². The summed E-state index contributed by atoms with van der Waals surface area (Å²) >= 11 is 0. The highest BCUT2D eigenvalue weighted by molar-refractivity contribution is 6.05. The van der Waals surface area contributed by atoms with Gasteiger partial charge in [-0.2, -0.15) is 0 Å². The second-order valence-electron chi connectivity index (χ2n) is 6.70. The van der Waals surface area contributed by atoms with Crippen LogP contribution in [0.25, 0.3) is 0 Å². The molecular weight excluding hydrogens is 366 g/mol. The number of rotatable bonds is 7. The molecule has 0 aromatic heterocycles. The first-order valence-electron chi connectivity index (χ1n) is 9.63. The van der Waals surface area contributed by atoms with Crippen LogP contribution in [0.3, 0.4) is 0 Å². The van der Waals surface area contributed by atoms with E-state index in [-0.39, 0.29) is 11.9 Å². The normalized spacial score (nSPS) is 18.1. The fourth-order valence-electron chi connectivity index (χ4n) is 3.51. The van der Waals surface area contributed by atoms with Crippen LogP contribution in [-0.4, -0.2) is 25.7 Å². The van der Waals surface area contributed by atoms with E-state index >= 15 is 0 Å². The van der Waals surface area contributed by atoms with Gasteiger partial charge in [0, 0.05) is 5.69 Å². The summed E-state index contributed by atoms with van der Waals surface area (Å²) in [7, 11) is 1.63. The van der Waals surface area contributed by atoms with Gasteiger partial charge in [0.15, 0.2) is 0 Å². The summed E-state index contributed by atoms with van der Waals surface area (Å²) < 4.78 is 16.8. The number of methoxy groups -OCH3 is 1. The summed E-state index contributed by atoms with van der Waals surface area (Å²) in [5, 5.41) is 0. The summed E-state index contributed by atoms with van der Waals surface area (Å²) in [6.07, 6.45) is -0.586. The Balaban J connectivity index is 1.64. The number of benzene rings is 3. The Labute approximate surface area is 170 Å². The Morgan fingerprint density at radius 3 is 2.10 bits per heavy atom. The highest BCUT2D eigenvalue weighted by Crippen LogP contribution is 2.42. The van der Waals surface area contributed by atoms with Gasteiger partial charge >= 0.3 is 0 Å². The predicted molar refractivity (Wildman–Crippen MR) is 112 cm³/mol. The number of hydrogen-bond donors (Lipinski definition) is 0. The van der Waals surface area contributed by atoms with E-state index in [0.717, 1.165) is 22.7 Å². The largest absolute Gasteiger partial charge is 0.497 e. The molecule has 0 unspecified atom stereocenters. The second-order valence-corrected chi connectivity index (χ2v) is 6.70. The maximum Gasteiger partial charge on any atom is 0.271 e. The maximum atomic E-state index is 13.0. The van der Waals surface area contributed by atoms with Crippen LogP contribution in [0.1, 0.15) is 18.5 Å². The average Bonchev–Trinajstić information content (AvgIpc) is 2.77. The number of anilines is 1. The number of nitrogens with zero attached hydrogens (tertiary/aromatic N) is 1. The van der Waals surface area contributed by atoms with Crippen LogP contribution >= 0.6 is 0 Å². The third-order valence-corrected chi connectivity index (χ3v) is 4.94. The SMILES string of the molecule is CCOc1ccc(N2C(=O)[C@@H](Oc3ccccc3)[C@H]2c2ccc(OC)cc2)cc1. The van der Waals surface area contributed by atoms with Crippen molar-refractivity contribution >= 4 is 11.6 Å². The molecule has 148 valence electrons. The van der Waals surface area contributed by atoms with Crippen molar-refractivity contribution < 1.29 is 19.0 Å². The molecule has 3 aromatic carbocycles. The summed E-state index contributed by atoms with van der Waals surface area (Å²) in [4.78, 5) is 14.8. The van der Waals surface area contributed by atoms with Gasteiger partial charge in [-0.25, -0.2) is 0 Å². The lowest BCUT2D eigenvalue weighted by molar-refractivity contribution is -0.135. The fourth-order valence-corrected chi connectivity index (χ4v) is 3.51. The number of hydrogen-bond acceptors (Lipinski definition) is 4. The van der Waals surface area contributed by atoms with Gasteiger partial charge in [-0.3, -0.25) is 9.69 Å². The van der Waals surface area contributed by atoms with E-state index in [0.29, 0.717) is 12.4 Å². The lowest BCUT2D eigenvalue weighted by atomic mass is 9.89. The average molecular weight is 389 g/mol. The van der Waals surface area contributed by atoms with Crippen LogP contribution in [0.5, 0.6) is 17.2 Å². The minimum atomic E-state index is -0.586. The van der Waals surface area contributed by atoms with Crippen LogP contribution in [0, 0.1) is 0 Å². The zero-order chi connectivity index (χ0) is 20.2. The van der Waals surface area contributed by atoms with Crippen molar-refractivity contribution in [2.45, 2.75) is 19.1 Å². The highest BCUT2D eigenvalue weighted by Gasteiger charge is 2.51. The molecule has 0 saturated carbocycles. The van der Waals surface area contributed by atoms with Crippen LogP contribution in [0.2, 0.25) is 0 Å². The molecule has 0 spiro atoms. The van der Waals surface area contributed by atoms with Crippen LogP contribution in [-0.2, 0) is 4.79 Å². The molecule has 1 aliphatic heterocycles. The highest BCUT2D eigenvalue weighted by atomic mass is 16.5. The Morgan fingerprint density at radius 2 is 1.48 bits per heavy atom. The number of ether oxygens (including phenoxy) is 3. The first-order valence-corrected chi connectivity index (χ1v) is 9.63. The van der Waals surface area contributed by atoms with Crippen molar-refractivity contribution in [1.82, 2.24) is 0 Å². The standard InChI is InChI=1S/C24H23NO4/c1-3-28-20-15-11-18(12-16-20)25-22(17-9-13-19(27-2)14-10-17)23(24(25)26)29-21-7-5-4-6-8-21/h4-16,22-23H,3H2,1-2H3/t22-,23+/m1/s1. The first kappa shape index (κ1) is 18.9. The molecule has 0 radical (unpaired) electrons. The number of β-lactam (4-membered cyclic amide) rings is 1. The Bertz CT molecular complexity index is 954. The molecule has 3 aromatic rings. The molecule has 2 atom stereocenters. The molecular formula is C24H23NO4. The monoisotopic (exact) mass is 389 g/mol. The Kier molecular flexibility index (Phi) is 5.38. The van der Waals surface area contributed by atoms with Crippen molar-refractivity contribution in [3.63, 3.8) is 0 Å². The van der Waals surface area contributed by atoms with Gasteiger partial charge in [-0.1, -0.05) is 30.3 Å². The molecule has 5 heteroatoms. The quantitative estimate of drug-likeness (QED) is 0.553. The van der Waals surface area contributed by atoms with Gasteiger partial charge in [0.2, 0.25) is 6.10 Å². The Morgan fingerprint density at radius 1 is 0.828 bits per heavy atom.